The summed E-state index contributed by atoms with van der Waals surface area (Å²) in [7, 11) is 0. The minimum absolute atomic E-state index is 0.0241. The Bertz CT molecular complexity index is 1080. The minimum atomic E-state index is -0.316. The molecule has 3 aromatic rings. The molecule has 0 radical (unpaired) electrons. The van der Waals surface area contributed by atoms with Crippen LogP contribution in [-0.4, -0.2) is 34.1 Å². The van der Waals surface area contributed by atoms with Crippen LogP contribution in [0.5, 0.6) is 5.88 Å². The Morgan fingerprint density at radius 3 is 3.00 bits per heavy atom. The van der Waals surface area contributed by atoms with Crippen LogP contribution >= 0.6 is 0 Å². The van der Waals surface area contributed by atoms with Gasteiger partial charge in [0.2, 0.25) is 11.8 Å². The highest BCUT2D eigenvalue weighted by Gasteiger charge is 2.31. The van der Waals surface area contributed by atoms with E-state index in [1.54, 1.807) is 0 Å². The molecule has 0 saturated heterocycles. The van der Waals surface area contributed by atoms with Gasteiger partial charge in [-0.1, -0.05) is 6.07 Å². The third kappa shape index (κ3) is 3.09. The lowest BCUT2D eigenvalue weighted by Gasteiger charge is -2.34. The summed E-state index contributed by atoms with van der Waals surface area (Å²) < 4.78 is 10.8. The third-order valence-corrected chi connectivity index (χ3v) is 5.21. The van der Waals surface area contributed by atoms with Crippen molar-refractivity contribution in [3.05, 3.63) is 53.5 Å². The molecule has 9 heteroatoms. The summed E-state index contributed by atoms with van der Waals surface area (Å²) in [6, 6.07) is 6.43. The van der Waals surface area contributed by atoms with Gasteiger partial charge < -0.3 is 19.8 Å². The second-order valence-electron chi connectivity index (χ2n) is 7.53. The van der Waals surface area contributed by atoms with E-state index in [4.69, 9.17) is 9.15 Å². The first kappa shape index (κ1) is 17.6. The number of nitrogens with zero attached hydrogens (tertiary/aromatic N) is 4. The first-order chi connectivity index (χ1) is 14.0. The van der Waals surface area contributed by atoms with Gasteiger partial charge in [-0.15, -0.1) is 0 Å². The van der Waals surface area contributed by atoms with Crippen molar-refractivity contribution in [3.8, 4) is 5.88 Å². The zero-order chi connectivity index (χ0) is 20.0. The molecule has 29 heavy (non-hydrogen) atoms. The Hall–Kier alpha value is -3.46. The summed E-state index contributed by atoms with van der Waals surface area (Å²) in [5, 5.41) is 6.73. The van der Waals surface area contributed by atoms with E-state index < -0.39 is 0 Å². The number of oxazole rings is 1. The molecule has 0 spiro atoms. The highest BCUT2D eigenvalue weighted by atomic mass is 16.5. The van der Waals surface area contributed by atoms with Gasteiger partial charge in [-0.3, -0.25) is 4.79 Å². The fraction of sp³-hybridized carbons (Fsp3) is 0.300. The maximum atomic E-state index is 12.6. The summed E-state index contributed by atoms with van der Waals surface area (Å²) >= 11 is 0. The average Bonchev–Trinajstić information content (AvgIpc) is 3.22. The van der Waals surface area contributed by atoms with Crippen LogP contribution in [0.3, 0.4) is 0 Å². The second kappa shape index (κ2) is 6.56. The van der Waals surface area contributed by atoms with E-state index >= 15 is 0 Å². The Morgan fingerprint density at radius 2 is 2.17 bits per heavy atom. The Balaban J connectivity index is 1.38. The monoisotopic (exact) mass is 392 g/mol. The van der Waals surface area contributed by atoms with Gasteiger partial charge in [0.15, 0.2) is 6.73 Å². The van der Waals surface area contributed by atoms with Gasteiger partial charge in [-0.25, -0.2) is 14.9 Å². The number of aromatic nitrogens is 3. The fourth-order valence-electron chi connectivity index (χ4n) is 3.73. The van der Waals surface area contributed by atoms with Crippen molar-refractivity contribution < 1.29 is 13.9 Å². The predicted molar refractivity (Wildman–Crippen MR) is 105 cm³/mol. The van der Waals surface area contributed by atoms with Gasteiger partial charge in [0.1, 0.15) is 11.8 Å². The SMILES string of the molecule is CC1(C)NCCc2cc(Nc3ncc4c(n3)OCN(c3ncco3)C4=O)ccc21. The Morgan fingerprint density at radius 1 is 1.28 bits per heavy atom. The zero-order valence-electron chi connectivity index (χ0n) is 16.1. The second-order valence-corrected chi connectivity index (χ2v) is 7.53. The number of carbonyl (C=O) groups excluding carboxylic acids is 1. The lowest BCUT2D eigenvalue weighted by atomic mass is 9.85. The van der Waals surface area contributed by atoms with Crippen molar-refractivity contribution in [1.82, 2.24) is 20.3 Å². The molecule has 0 aliphatic carbocycles. The van der Waals surface area contributed by atoms with Gasteiger partial charge >= 0.3 is 6.01 Å². The highest BCUT2D eigenvalue weighted by Crippen LogP contribution is 2.31. The van der Waals surface area contributed by atoms with Gasteiger partial charge in [0, 0.05) is 17.4 Å². The van der Waals surface area contributed by atoms with Crippen molar-refractivity contribution in [2.24, 2.45) is 0 Å². The molecule has 4 heterocycles. The largest absolute Gasteiger partial charge is 0.455 e. The predicted octanol–water partition coefficient (Wildman–Crippen LogP) is 2.59. The van der Waals surface area contributed by atoms with Crippen molar-refractivity contribution in [2.75, 3.05) is 23.5 Å². The Kier molecular flexibility index (Phi) is 3.99. The molecule has 148 valence electrons. The number of nitrogens with one attached hydrogen (secondary N) is 2. The van der Waals surface area contributed by atoms with Gasteiger partial charge in [0.25, 0.3) is 5.91 Å². The smallest absolute Gasteiger partial charge is 0.307 e. The van der Waals surface area contributed by atoms with Crippen molar-refractivity contribution in [3.63, 3.8) is 0 Å². The summed E-state index contributed by atoms with van der Waals surface area (Å²) in [6.07, 6.45) is 5.29. The molecule has 0 fully saturated rings. The number of hydrogen-bond acceptors (Lipinski definition) is 8. The number of fused-ring (bicyclic) bond motifs is 2. The molecule has 0 unspecified atom stereocenters. The molecule has 2 N–H and O–H groups in total. The van der Waals surface area contributed by atoms with Crippen LogP contribution in [0.1, 0.15) is 35.3 Å². The summed E-state index contributed by atoms with van der Waals surface area (Å²) in [6.45, 7) is 5.28. The molecular weight excluding hydrogens is 372 g/mol. The molecule has 0 bridgehead atoms. The van der Waals surface area contributed by atoms with E-state index in [1.165, 1.54) is 34.7 Å². The molecule has 5 rings (SSSR count). The van der Waals surface area contributed by atoms with E-state index in [-0.39, 0.29) is 35.6 Å². The number of hydrogen-bond donors (Lipinski definition) is 2. The normalized spacial score (nSPS) is 17.3. The molecule has 1 amide bonds. The van der Waals surface area contributed by atoms with Gasteiger partial charge in [-0.2, -0.15) is 4.98 Å². The summed E-state index contributed by atoms with van der Waals surface area (Å²) in [4.78, 5) is 26.6. The first-order valence-corrected chi connectivity index (χ1v) is 9.38. The summed E-state index contributed by atoms with van der Waals surface area (Å²) in [5.41, 5.74) is 3.70. The van der Waals surface area contributed by atoms with Crippen LogP contribution < -0.4 is 20.3 Å². The van der Waals surface area contributed by atoms with Crippen LogP contribution in [0.15, 0.2) is 41.3 Å². The standard InChI is InChI=1S/C20H20N6O3/c1-20(2)15-4-3-13(9-12(15)5-6-23-20)24-18-22-10-14-16(25-18)29-11-26(17(14)27)19-21-7-8-28-19/h3-4,7-10,23H,5-6,11H2,1-2H3,(H,22,24,25). The molecule has 2 aromatic heterocycles. The zero-order valence-corrected chi connectivity index (χ0v) is 16.1. The molecule has 9 nitrogen and oxygen atoms in total. The van der Waals surface area contributed by atoms with Crippen molar-refractivity contribution in [1.29, 1.82) is 0 Å². The van der Waals surface area contributed by atoms with Crippen LogP contribution in [-0.2, 0) is 12.0 Å². The number of amides is 1. The molecule has 1 aromatic carbocycles. The molecule has 0 atom stereocenters. The maximum absolute atomic E-state index is 12.6. The maximum Gasteiger partial charge on any atom is 0.307 e. The molecule has 0 saturated carbocycles. The number of rotatable bonds is 3. The Labute approximate surface area is 167 Å². The van der Waals surface area contributed by atoms with Crippen molar-refractivity contribution in [2.45, 2.75) is 25.8 Å². The number of anilines is 3. The van der Waals surface area contributed by atoms with Gasteiger partial charge in [0.05, 0.1) is 6.20 Å². The molecule has 2 aliphatic heterocycles. The summed E-state index contributed by atoms with van der Waals surface area (Å²) in [5.74, 6) is 0.289. The van der Waals surface area contributed by atoms with Crippen LogP contribution in [0, 0.1) is 0 Å². The van der Waals surface area contributed by atoms with Crippen LogP contribution in [0.2, 0.25) is 0 Å². The van der Waals surface area contributed by atoms with E-state index in [0.717, 1.165) is 18.7 Å². The van der Waals surface area contributed by atoms with E-state index in [2.05, 4.69) is 51.6 Å². The van der Waals surface area contributed by atoms with Crippen LogP contribution in [0.4, 0.5) is 17.7 Å². The first-order valence-electron chi connectivity index (χ1n) is 9.38. The lowest BCUT2D eigenvalue weighted by molar-refractivity contribution is 0.0924. The number of benzene rings is 1. The highest BCUT2D eigenvalue weighted by molar-refractivity contribution is 6.07. The van der Waals surface area contributed by atoms with Gasteiger partial charge in [-0.05, 0) is 50.1 Å². The number of carbonyl (C=O) groups is 1. The van der Waals surface area contributed by atoms with E-state index in [9.17, 15) is 4.79 Å². The number of ether oxygens (including phenoxy) is 1. The molecule has 2 aliphatic rings. The third-order valence-electron chi connectivity index (χ3n) is 5.21. The van der Waals surface area contributed by atoms with Crippen LogP contribution in [0.25, 0.3) is 0 Å². The molecular formula is C20H20N6O3. The van der Waals surface area contributed by atoms with E-state index in [0.29, 0.717) is 5.95 Å². The fourth-order valence-corrected chi connectivity index (χ4v) is 3.73. The lowest BCUT2D eigenvalue weighted by Crippen LogP contribution is -2.42. The quantitative estimate of drug-likeness (QED) is 0.701. The van der Waals surface area contributed by atoms with Crippen molar-refractivity contribution >= 4 is 23.6 Å². The average molecular weight is 392 g/mol. The van der Waals surface area contributed by atoms with E-state index in [1.807, 2.05) is 6.07 Å². The minimum Gasteiger partial charge on any atom is -0.455 e. The topological polar surface area (TPSA) is 105 Å².